The van der Waals surface area contributed by atoms with Crippen LogP contribution in [0.3, 0.4) is 0 Å². The fourth-order valence-electron chi connectivity index (χ4n) is 10.1. The van der Waals surface area contributed by atoms with Crippen molar-refractivity contribution in [3.05, 3.63) is 258 Å². The smallest absolute Gasteiger partial charge is 0.160 e. The van der Waals surface area contributed by atoms with E-state index in [2.05, 4.69) is 193 Å². The van der Waals surface area contributed by atoms with E-state index in [1.807, 2.05) is 48.5 Å². The molecule has 1 aliphatic rings. The molecule has 0 saturated heterocycles. The van der Waals surface area contributed by atoms with Gasteiger partial charge < -0.3 is 4.57 Å². The van der Waals surface area contributed by atoms with E-state index in [0.29, 0.717) is 11.4 Å². The van der Waals surface area contributed by atoms with Crippen molar-refractivity contribution in [2.45, 2.75) is 5.41 Å². The standard InChI is InChI=1S/C60H38N4/c61-39-40-17-15-22-44(33-40)56-38-55(42-20-7-2-8-21-42)62-59(63-56)45-23-16-28-48(34-45)64-57-32-31-43(41-18-5-1-6-19-41)35-51(57)52-36-50-49-29-13-14-30-53(49)60(54(50)37-58(52)64,46-24-9-3-10-25-46)47-26-11-4-12-27-47/h1-38H. The van der Waals surface area contributed by atoms with Crippen LogP contribution in [0.2, 0.25) is 0 Å². The summed E-state index contributed by atoms with van der Waals surface area (Å²) in [7, 11) is 0. The van der Waals surface area contributed by atoms with E-state index in [9.17, 15) is 5.26 Å². The van der Waals surface area contributed by atoms with Crippen molar-refractivity contribution in [3.8, 4) is 67.9 Å². The van der Waals surface area contributed by atoms with Gasteiger partial charge in [-0.1, -0.05) is 176 Å². The van der Waals surface area contributed by atoms with Gasteiger partial charge >= 0.3 is 0 Å². The van der Waals surface area contributed by atoms with E-state index in [4.69, 9.17) is 9.97 Å². The van der Waals surface area contributed by atoms with E-state index < -0.39 is 5.41 Å². The maximum Gasteiger partial charge on any atom is 0.160 e. The highest BCUT2D eigenvalue weighted by Gasteiger charge is 2.46. The van der Waals surface area contributed by atoms with Crippen LogP contribution in [0.25, 0.3) is 83.6 Å². The molecule has 0 aliphatic heterocycles. The fraction of sp³-hybridized carbons (Fsp3) is 0.0167. The number of hydrogen-bond donors (Lipinski definition) is 0. The van der Waals surface area contributed by atoms with E-state index in [0.717, 1.165) is 44.8 Å². The highest BCUT2D eigenvalue weighted by molar-refractivity contribution is 6.13. The van der Waals surface area contributed by atoms with Gasteiger partial charge in [0.05, 0.1) is 39.5 Å². The number of benzene rings is 9. The number of aromatic nitrogens is 3. The molecule has 1 aliphatic carbocycles. The van der Waals surface area contributed by atoms with Gasteiger partial charge in [-0.15, -0.1) is 0 Å². The predicted octanol–water partition coefficient (Wildman–Crippen LogP) is 14.5. The van der Waals surface area contributed by atoms with Crippen LogP contribution in [-0.4, -0.2) is 14.5 Å². The van der Waals surface area contributed by atoms with Gasteiger partial charge in [-0.25, -0.2) is 9.97 Å². The highest BCUT2D eigenvalue weighted by atomic mass is 15.0. The summed E-state index contributed by atoms with van der Waals surface area (Å²) in [5.74, 6) is 0.608. The van der Waals surface area contributed by atoms with Gasteiger partial charge in [0.1, 0.15) is 0 Å². The van der Waals surface area contributed by atoms with Gasteiger partial charge in [0, 0.05) is 33.2 Å². The molecule has 4 heteroatoms. The molecule has 298 valence electrons. The first kappa shape index (κ1) is 37.1. The van der Waals surface area contributed by atoms with Crippen LogP contribution in [-0.2, 0) is 5.41 Å². The molecule has 2 aromatic heterocycles. The van der Waals surface area contributed by atoms with Crippen molar-refractivity contribution >= 4 is 21.8 Å². The monoisotopic (exact) mass is 814 g/mol. The van der Waals surface area contributed by atoms with Crippen LogP contribution in [0.1, 0.15) is 27.8 Å². The zero-order valence-electron chi connectivity index (χ0n) is 34.7. The van der Waals surface area contributed by atoms with Crippen molar-refractivity contribution in [2.24, 2.45) is 0 Å². The maximum atomic E-state index is 9.78. The summed E-state index contributed by atoms with van der Waals surface area (Å²) >= 11 is 0. The summed E-state index contributed by atoms with van der Waals surface area (Å²) < 4.78 is 2.42. The van der Waals surface area contributed by atoms with E-state index in [1.54, 1.807) is 0 Å². The second-order valence-electron chi connectivity index (χ2n) is 16.4. The Labute approximate surface area is 371 Å². The molecular formula is C60H38N4. The zero-order chi connectivity index (χ0) is 42.6. The van der Waals surface area contributed by atoms with Crippen LogP contribution in [0.4, 0.5) is 0 Å². The quantitative estimate of drug-likeness (QED) is 0.161. The second-order valence-corrected chi connectivity index (χ2v) is 16.4. The molecule has 2 heterocycles. The molecule has 64 heavy (non-hydrogen) atoms. The molecule has 0 saturated carbocycles. The van der Waals surface area contributed by atoms with Crippen LogP contribution < -0.4 is 0 Å². The minimum absolute atomic E-state index is 0.550. The average molecular weight is 815 g/mol. The summed E-state index contributed by atoms with van der Waals surface area (Å²) in [5, 5.41) is 12.1. The lowest BCUT2D eigenvalue weighted by molar-refractivity contribution is 0.769. The summed E-state index contributed by atoms with van der Waals surface area (Å²) in [4.78, 5) is 10.4. The zero-order valence-corrected chi connectivity index (χ0v) is 34.7. The van der Waals surface area contributed by atoms with Gasteiger partial charge in [0.2, 0.25) is 0 Å². The lowest BCUT2D eigenvalue weighted by Crippen LogP contribution is -2.28. The molecule has 11 aromatic rings. The average Bonchev–Trinajstić information content (AvgIpc) is 3.86. The van der Waals surface area contributed by atoms with Crippen molar-refractivity contribution in [1.82, 2.24) is 14.5 Å². The van der Waals surface area contributed by atoms with E-state index in [1.165, 1.54) is 55.3 Å². The Morgan fingerprint density at radius 1 is 0.391 bits per heavy atom. The number of nitrogens with zero attached hydrogens (tertiary/aromatic N) is 4. The van der Waals surface area contributed by atoms with Crippen molar-refractivity contribution in [1.29, 1.82) is 5.26 Å². The molecule has 12 rings (SSSR count). The molecule has 0 N–H and O–H groups in total. The number of rotatable bonds is 7. The summed E-state index contributed by atoms with van der Waals surface area (Å²) in [6.45, 7) is 0. The van der Waals surface area contributed by atoms with Crippen LogP contribution in [0, 0.1) is 11.3 Å². The SMILES string of the molecule is N#Cc1cccc(-c2cc(-c3ccccc3)nc(-c3cccc(-n4c5ccc(-c6ccccc6)cc5c5cc6c(cc54)C(c4ccccc4)(c4ccccc4)c4ccccc4-6)c3)n2)c1. The van der Waals surface area contributed by atoms with Crippen molar-refractivity contribution in [2.75, 3.05) is 0 Å². The molecule has 0 radical (unpaired) electrons. The van der Waals surface area contributed by atoms with Crippen LogP contribution in [0.5, 0.6) is 0 Å². The Hall–Kier alpha value is -8.65. The van der Waals surface area contributed by atoms with Gasteiger partial charge in [0.25, 0.3) is 0 Å². The third kappa shape index (κ3) is 5.91. The summed E-state index contributed by atoms with van der Waals surface area (Å²) in [6.07, 6.45) is 0. The molecule has 0 bridgehead atoms. The minimum atomic E-state index is -0.550. The maximum absolute atomic E-state index is 9.78. The predicted molar refractivity (Wildman–Crippen MR) is 260 cm³/mol. The Morgan fingerprint density at radius 2 is 0.984 bits per heavy atom. The molecule has 4 nitrogen and oxygen atoms in total. The molecular weight excluding hydrogens is 777 g/mol. The van der Waals surface area contributed by atoms with Gasteiger partial charge in [-0.05, 0) is 99.1 Å². The van der Waals surface area contributed by atoms with E-state index >= 15 is 0 Å². The summed E-state index contributed by atoms with van der Waals surface area (Å²) in [5.41, 5.74) is 17.4. The van der Waals surface area contributed by atoms with Crippen LogP contribution >= 0.6 is 0 Å². The number of hydrogen-bond acceptors (Lipinski definition) is 3. The lowest BCUT2D eigenvalue weighted by atomic mass is 9.67. The van der Waals surface area contributed by atoms with Crippen molar-refractivity contribution < 1.29 is 0 Å². The molecule has 0 atom stereocenters. The molecule has 0 unspecified atom stereocenters. The first-order valence-corrected chi connectivity index (χ1v) is 21.6. The molecule has 9 aromatic carbocycles. The molecule has 0 fully saturated rings. The Morgan fingerprint density at radius 3 is 1.70 bits per heavy atom. The van der Waals surface area contributed by atoms with Gasteiger partial charge in [0.15, 0.2) is 5.82 Å². The minimum Gasteiger partial charge on any atom is -0.309 e. The van der Waals surface area contributed by atoms with Gasteiger partial charge in [-0.2, -0.15) is 5.26 Å². The lowest BCUT2D eigenvalue weighted by Gasteiger charge is -2.34. The Balaban J connectivity index is 1.13. The third-order valence-corrected chi connectivity index (χ3v) is 12.9. The van der Waals surface area contributed by atoms with E-state index in [-0.39, 0.29) is 0 Å². The topological polar surface area (TPSA) is 54.5 Å². The first-order chi connectivity index (χ1) is 31.7. The normalized spacial score (nSPS) is 12.5. The third-order valence-electron chi connectivity index (χ3n) is 12.9. The Bertz CT molecular complexity index is 3570. The molecule has 0 spiro atoms. The number of nitriles is 1. The number of fused-ring (bicyclic) bond motifs is 6. The highest BCUT2D eigenvalue weighted by Crippen LogP contribution is 2.57. The largest absolute Gasteiger partial charge is 0.309 e. The first-order valence-electron chi connectivity index (χ1n) is 21.6. The van der Waals surface area contributed by atoms with Crippen LogP contribution in [0.15, 0.2) is 231 Å². The molecule has 0 amide bonds. The summed E-state index contributed by atoms with van der Waals surface area (Å²) in [6, 6.07) is 84.1. The second kappa shape index (κ2) is 15.1. The fourth-order valence-corrected chi connectivity index (χ4v) is 10.1. The van der Waals surface area contributed by atoms with Gasteiger partial charge in [-0.3, -0.25) is 0 Å². The van der Waals surface area contributed by atoms with Crippen molar-refractivity contribution in [3.63, 3.8) is 0 Å². The Kier molecular flexibility index (Phi) is 8.74.